The third-order valence-electron chi connectivity index (χ3n) is 2.92. The van der Waals surface area contributed by atoms with Crippen LogP contribution in [0.4, 0.5) is 10.8 Å². The second-order valence-corrected chi connectivity index (χ2v) is 5.65. The summed E-state index contributed by atoms with van der Waals surface area (Å²) in [4.78, 5) is 16.0. The molecule has 1 aliphatic rings. The number of aliphatic hydroxyl groups excluding tert-OH is 1. The zero-order valence-corrected chi connectivity index (χ0v) is 12.6. The van der Waals surface area contributed by atoms with E-state index in [9.17, 15) is 4.79 Å². The second kappa shape index (κ2) is 6.20. The average molecular weight is 321 g/mol. The Hall–Kier alpha value is -2.32. The van der Waals surface area contributed by atoms with Crippen molar-refractivity contribution >= 4 is 28.1 Å². The number of nitrogens with one attached hydrogen (secondary N) is 2. The summed E-state index contributed by atoms with van der Waals surface area (Å²) in [5.74, 6) is 1.08. The van der Waals surface area contributed by atoms with Crippen molar-refractivity contribution in [2.45, 2.75) is 13.0 Å². The number of aliphatic hydroxyl groups is 1. The number of fused-ring (bicyclic) bond motifs is 1. The van der Waals surface area contributed by atoms with Gasteiger partial charge in [-0.05, 0) is 19.1 Å². The Kier molecular flexibility index (Phi) is 4.12. The third-order valence-corrected chi connectivity index (χ3v) is 3.68. The molecular formula is C14H15N3O4S. The number of amides is 1. The van der Waals surface area contributed by atoms with E-state index in [1.165, 1.54) is 11.3 Å². The molecule has 1 atom stereocenters. The van der Waals surface area contributed by atoms with E-state index in [1.54, 1.807) is 12.3 Å². The number of ether oxygens (including phenoxy) is 2. The lowest BCUT2D eigenvalue weighted by Crippen LogP contribution is -2.30. The van der Waals surface area contributed by atoms with Crippen LogP contribution in [0.25, 0.3) is 0 Å². The molecular weight excluding hydrogens is 306 g/mol. The van der Waals surface area contributed by atoms with Crippen LogP contribution in [0, 0.1) is 0 Å². The molecule has 7 nitrogen and oxygen atoms in total. The maximum absolute atomic E-state index is 11.8. The monoisotopic (exact) mass is 321 g/mol. The second-order valence-electron chi connectivity index (χ2n) is 4.79. The molecule has 1 amide bonds. The van der Waals surface area contributed by atoms with Gasteiger partial charge < -0.3 is 25.2 Å². The topological polar surface area (TPSA) is 92.7 Å². The van der Waals surface area contributed by atoms with Crippen molar-refractivity contribution in [1.29, 1.82) is 0 Å². The quantitative estimate of drug-likeness (QED) is 0.776. The molecule has 22 heavy (non-hydrogen) atoms. The van der Waals surface area contributed by atoms with Gasteiger partial charge in [-0.3, -0.25) is 4.79 Å². The number of hydrogen-bond acceptors (Lipinski definition) is 7. The Balaban J connectivity index is 1.65. The first-order valence-corrected chi connectivity index (χ1v) is 7.58. The summed E-state index contributed by atoms with van der Waals surface area (Å²) < 4.78 is 10.6. The summed E-state index contributed by atoms with van der Waals surface area (Å²) in [6.45, 7) is 2.03. The Labute approximate surface area is 130 Å². The molecule has 1 aromatic carbocycles. The van der Waals surface area contributed by atoms with Gasteiger partial charge in [-0.25, -0.2) is 4.98 Å². The maximum atomic E-state index is 11.8. The fourth-order valence-corrected chi connectivity index (χ4v) is 2.58. The Bertz CT molecular complexity index is 686. The molecule has 3 N–H and O–H groups in total. The number of aromatic nitrogens is 1. The summed E-state index contributed by atoms with van der Waals surface area (Å²) in [5.41, 5.74) is 1.11. The summed E-state index contributed by atoms with van der Waals surface area (Å²) in [6.07, 6.45) is -0.589. The lowest BCUT2D eigenvalue weighted by molar-refractivity contribution is 0.0920. The number of thiazole rings is 1. The number of rotatable bonds is 5. The molecule has 1 aromatic heterocycles. The summed E-state index contributed by atoms with van der Waals surface area (Å²) in [6, 6.07) is 5.48. The lowest BCUT2D eigenvalue weighted by atomic mass is 10.3. The fourth-order valence-electron chi connectivity index (χ4n) is 1.86. The van der Waals surface area contributed by atoms with Gasteiger partial charge in [0.05, 0.1) is 6.10 Å². The van der Waals surface area contributed by atoms with Crippen LogP contribution in [0.2, 0.25) is 0 Å². The van der Waals surface area contributed by atoms with Crippen molar-refractivity contribution in [3.05, 3.63) is 29.3 Å². The molecule has 0 bridgehead atoms. The standard InChI is InChI=1S/C14H15N3O4S/c1-8(18)5-15-13(19)10-6-22-14(17-10)16-9-2-3-11-12(4-9)21-7-20-11/h2-4,6,8,18H,5,7H2,1H3,(H,15,19)(H,16,17). The van der Waals surface area contributed by atoms with Crippen molar-refractivity contribution in [2.75, 3.05) is 18.7 Å². The molecule has 0 fully saturated rings. The number of carbonyl (C=O) groups is 1. The largest absolute Gasteiger partial charge is 0.454 e. The Morgan fingerprint density at radius 1 is 1.45 bits per heavy atom. The van der Waals surface area contributed by atoms with Crippen LogP contribution in [0.15, 0.2) is 23.6 Å². The van der Waals surface area contributed by atoms with E-state index in [2.05, 4.69) is 15.6 Å². The average Bonchev–Trinajstić information content (AvgIpc) is 3.13. The van der Waals surface area contributed by atoms with Gasteiger partial charge in [0.1, 0.15) is 5.69 Å². The van der Waals surface area contributed by atoms with Crippen LogP contribution < -0.4 is 20.1 Å². The van der Waals surface area contributed by atoms with Crippen LogP contribution in [0.3, 0.4) is 0 Å². The number of anilines is 2. The minimum atomic E-state index is -0.589. The van der Waals surface area contributed by atoms with Gasteiger partial charge in [0.15, 0.2) is 16.6 Å². The highest BCUT2D eigenvalue weighted by atomic mass is 32.1. The van der Waals surface area contributed by atoms with Crippen molar-refractivity contribution in [3.63, 3.8) is 0 Å². The molecule has 0 saturated carbocycles. The van der Waals surface area contributed by atoms with Gasteiger partial charge in [0.2, 0.25) is 6.79 Å². The highest BCUT2D eigenvalue weighted by molar-refractivity contribution is 7.14. The highest BCUT2D eigenvalue weighted by Gasteiger charge is 2.15. The first kappa shape index (κ1) is 14.6. The predicted octanol–water partition coefficient (Wildman–Crippen LogP) is 1.73. The molecule has 2 heterocycles. The van der Waals surface area contributed by atoms with Crippen molar-refractivity contribution < 1.29 is 19.4 Å². The molecule has 0 spiro atoms. The van der Waals surface area contributed by atoms with Crippen LogP contribution in [0.1, 0.15) is 17.4 Å². The van der Waals surface area contributed by atoms with Crippen molar-refractivity contribution in [1.82, 2.24) is 10.3 Å². The Morgan fingerprint density at radius 3 is 3.09 bits per heavy atom. The van der Waals surface area contributed by atoms with Gasteiger partial charge in [-0.2, -0.15) is 0 Å². The molecule has 116 valence electrons. The van der Waals surface area contributed by atoms with E-state index in [-0.39, 0.29) is 19.2 Å². The van der Waals surface area contributed by atoms with E-state index >= 15 is 0 Å². The molecule has 3 rings (SSSR count). The van der Waals surface area contributed by atoms with Gasteiger partial charge in [-0.1, -0.05) is 0 Å². The number of nitrogens with zero attached hydrogens (tertiary/aromatic N) is 1. The zero-order valence-electron chi connectivity index (χ0n) is 11.8. The summed E-state index contributed by atoms with van der Waals surface area (Å²) in [5, 5.41) is 17.1. The lowest BCUT2D eigenvalue weighted by Gasteiger charge is -2.05. The van der Waals surface area contributed by atoms with Crippen LogP contribution >= 0.6 is 11.3 Å². The van der Waals surface area contributed by atoms with Gasteiger partial charge in [-0.15, -0.1) is 11.3 Å². The minimum Gasteiger partial charge on any atom is -0.454 e. The van der Waals surface area contributed by atoms with Crippen molar-refractivity contribution in [2.24, 2.45) is 0 Å². The number of carbonyl (C=O) groups excluding carboxylic acids is 1. The normalized spacial score (nSPS) is 13.7. The van der Waals surface area contributed by atoms with E-state index in [0.717, 1.165) is 5.69 Å². The van der Waals surface area contributed by atoms with E-state index in [0.29, 0.717) is 22.3 Å². The van der Waals surface area contributed by atoms with Crippen LogP contribution in [0.5, 0.6) is 11.5 Å². The van der Waals surface area contributed by atoms with Gasteiger partial charge in [0, 0.05) is 23.7 Å². The molecule has 0 saturated heterocycles. The Morgan fingerprint density at radius 2 is 2.27 bits per heavy atom. The number of benzene rings is 1. The first-order valence-electron chi connectivity index (χ1n) is 6.70. The van der Waals surface area contributed by atoms with Gasteiger partial charge >= 0.3 is 0 Å². The smallest absolute Gasteiger partial charge is 0.270 e. The van der Waals surface area contributed by atoms with Crippen LogP contribution in [-0.2, 0) is 0 Å². The molecule has 1 aliphatic heterocycles. The van der Waals surface area contributed by atoms with E-state index in [1.807, 2.05) is 18.2 Å². The fraction of sp³-hybridized carbons (Fsp3) is 0.286. The summed E-state index contributed by atoms with van der Waals surface area (Å²) >= 11 is 1.32. The van der Waals surface area contributed by atoms with E-state index in [4.69, 9.17) is 14.6 Å². The summed E-state index contributed by atoms with van der Waals surface area (Å²) in [7, 11) is 0. The minimum absolute atomic E-state index is 0.196. The maximum Gasteiger partial charge on any atom is 0.270 e. The van der Waals surface area contributed by atoms with Gasteiger partial charge in [0.25, 0.3) is 5.91 Å². The van der Waals surface area contributed by atoms with E-state index < -0.39 is 6.10 Å². The number of hydrogen-bond donors (Lipinski definition) is 3. The zero-order chi connectivity index (χ0) is 15.5. The molecule has 2 aromatic rings. The molecule has 0 aliphatic carbocycles. The molecule has 0 radical (unpaired) electrons. The SMILES string of the molecule is CC(O)CNC(=O)c1csc(Nc2ccc3c(c2)OCO3)n1. The van der Waals surface area contributed by atoms with Crippen molar-refractivity contribution in [3.8, 4) is 11.5 Å². The van der Waals surface area contributed by atoms with Crippen LogP contribution in [-0.4, -0.2) is 35.4 Å². The third kappa shape index (κ3) is 3.29. The highest BCUT2D eigenvalue weighted by Crippen LogP contribution is 2.35. The molecule has 8 heteroatoms. The first-order chi connectivity index (χ1) is 10.6. The molecule has 1 unspecified atom stereocenters. The predicted molar refractivity (Wildman–Crippen MR) is 82.0 cm³/mol.